The van der Waals surface area contributed by atoms with Gasteiger partial charge in [0.1, 0.15) is 0 Å². The molecule has 1 aromatic carbocycles. The van der Waals surface area contributed by atoms with E-state index in [4.69, 9.17) is 5.26 Å². The molecule has 0 atom stereocenters. The van der Waals surface area contributed by atoms with E-state index in [0.717, 1.165) is 11.3 Å². The standard InChI is InChI=1S/C14H11N3O2S/c1-8-12(9(2)18)20-14(16-8)17-13(19)11-5-3-10(7-15)4-6-11/h3-6H,1-2H3,(H,16,17,19). The van der Waals surface area contributed by atoms with E-state index in [1.165, 1.54) is 6.92 Å². The maximum atomic E-state index is 12.0. The molecule has 0 unspecified atom stereocenters. The predicted octanol–water partition coefficient (Wildman–Crippen LogP) is 2.78. The van der Waals surface area contributed by atoms with Crippen LogP contribution in [0.4, 0.5) is 5.13 Å². The average Bonchev–Trinajstić information content (AvgIpc) is 2.79. The van der Waals surface area contributed by atoms with Crippen LogP contribution in [0.3, 0.4) is 0 Å². The lowest BCUT2D eigenvalue weighted by atomic mass is 10.1. The van der Waals surface area contributed by atoms with Gasteiger partial charge in [-0.25, -0.2) is 4.98 Å². The van der Waals surface area contributed by atoms with Crippen molar-refractivity contribution in [3.8, 4) is 6.07 Å². The maximum Gasteiger partial charge on any atom is 0.257 e. The van der Waals surface area contributed by atoms with E-state index < -0.39 is 0 Å². The molecule has 6 heteroatoms. The summed E-state index contributed by atoms with van der Waals surface area (Å²) in [5.74, 6) is -0.391. The smallest absolute Gasteiger partial charge is 0.257 e. The van der Waals surface area contributed by atoms with Crippen molar-refractivity contribution in [3.05, 3.63) is 46.0 Å². The number of rotatable bonds is 3. The van der Waals surface area contributed by atoms with Gasteiger partial charge in [0.25, 0.3) is 5.91 Å². The second kappa shape index (κ2) is 5.63. The number of amides is 1. The highest BCUT2D eigenvalue weighted by atomic mass is 32.1. The molecule has 0 fully saturated rings. The first-order chi connectivity index (χ1) is 9.51. The topological polar surface area (TPSA) is 82.9 Å². The summed E-state index contributed by atoms with van der Waals surface area (Å²) in [5, 5.41) is 11.7. The third kappa shape index (κ3) is 2.90. The second-order valence-corrected chi connectivity index (χ2v) is 5.13. The zero-order valence-electron chi connectivity index (χ0n) is 10.9. The van der Waals surface area contributed by atoms with Gasteiger partial charge in [0.2, 0.25) is 0 Å². The molecule has 0 bridgehead atoms. The number of Topliss-reactive ketones (excluding diaryl/α,β-unsaturated/α-hetero) is 1. The molecular formula is C14H11N3O2S. The number of nitriles is 1. The Kier molecular flexibility index (Phi) is 3.91. The third-order valence-corrected chi connectivity index (χ3v) is 3.79. The SMILES string of the molecule is CC(=O)c1sc(NC(=O)c2ccc(C#N)cc2)nc1C. The van der Waals surface area contributed by atoms with Crippen LogP contribution in [0, 0.1) is 18.3 Å². The van der Waals surface area contributed by atoms with Crippen LogP contribution in [0.1, 0.15) is 38.2 Å². The molecule has 1 heterocycles. The Labute approximate surface area is 119 Å². The maximum absolute atomic E-state index is 12.0. The zero-order valence-corrected chi connectivity index (χ0v) is 11.7. The lowest BCUT2D eigenvalue weighted by Crippen LogP contribution is -2.11. The predicted molar refractivity (Wildman–Crippen MR) is 76.0 cm³/mol. The molecule has 1 amide bonds. The summed E-state index contributed by atoms with van der Waals surface area (Å²) < 4.78 is 0. The van der Waals surface area contributed by atoms with Gasteiger partial charge in [-0.2, -0.15) is 5.26 Å². The van der Waals surface area contributed by atoms with E-state index >= 15 is 0 Å². The van der Waals surface area contributed by atoms with E-state index in [9.17, 15) is 9.59 Å². The van der Waals surface area contributed by atoms with E-state index in [2.05, 4.69) is 10.3 Å². The van der Waals surface area contributed by atoms with Crippen LogP contribution in [0.15, 0.2) is 24.3 Å². The summed E-state index contributed by atoms with van der Waals surface area (Å²) in [7, 11) is 0. The number of aryl methyl sites for hydroxylation is 1. The normalized spacial score (nSPS) is 9.85. The van der Waals surface area contributed by atoms with Crippen molar-refractivity contribution in [2.24, 2.45) is 0 Å². The minimum Gasteiger partial charge on any atom is -0.298 e. The molecule has 20 heavy (non-hydrogen) atoms. The fraction of sp³-hybridized carbons (Fsp3) is 0.143. The Balaban J connectivity index is 2.17. The van der Waals surface area contributed by atoms with Gasteiger partial charge < -0.3 is 0 Å². The van der Waals surface area contributed by atoms with Crippen LogP contribution >= 0.6 is 11.3 Å². The molecule has 2 aromatic rings. The van der Waals surface area contributed by atoms with Gasteiger partial charge in [-0.3, -0.25) is 14.9 Å². The summed E-state index contributed by atoms with van der Waals surface area (Å²) in [6.07, 6.45) is 0. The molecule has 2 rings (SSSR count). The van der Waals surface area contributed by atoms with Crippen LogP contribution in [0.25, 0.3) is 0 Å². The molecule has 0 aliphatic rings. The van der Waals surface area contributed by atoms with Crippen molar-refractivity contribution in [3.63, 3.8) is 0 Å². The van der Waals surface area contributed by atoms with E-state index in [1.807, 2.05) is 6.07 Å². The van der Waals surface area contributed by atoms with Gasteiger partial charge in [0.05, 0.1) is 22.2 Å². The minimum atomic E-state index is -0.321. The summed E-state index contributed by atoms with van der Waals surface area (Å²) in [4.78, 5) is 28.0. The molecule has 5 nitrogen and oxygen atoms in total. The quantitative estimate of drug-likeness (QED) is 0.879. The van der Waals surface area contributed by atoms with Gasteiger partial charge in [-0.05, 0) is 31.2 Å². The lowest BCUT2D eigenvalue weighted by Gasteiger charge is -2.01. The van der Waals surface area contributed by atoms with Crippen molar-refractivity contribution in [2.45, 2.75) is 13.8 Å². The van der Waals surface area contributed by atoms with Gasteiger partial charge in [-0.15, -0.1) is 0 Å². The highest BCUT2D eigenvalue weighted by molar-refractivity contribution is 7.17. The van der Waals surface area contributed by atoms with Gasteiger partial charge >= 0.3 is 0 Å². The molecule has 1 aromatic heterocycles. The first kappa shape index (κ1) is 13.9. The largest absolute Gasteiger partial charge is 0.298 e. The van der Waals surface area contributed by atoms with Crippen molar-refractivity contribution in [1.29, 1.82) is 5.26 Å². The van der Waals surface area contributed by atoms with Crippen molar-refractivity contribution in [2.75, 3.05) is 5.32 Å². The molecule has 0 aliphatic heterocycles. The van der Waals surface area contributed by atoms with E-state index in [0.29, 0.717) is 26.8 Å². The van der Waals surface area contributed by atoms with Crippen LogP contribution in [0.2, 0.25) is 0 Å². The fourth-order valence-corrected chi connectivity index (χ4v) is 2.50. The molecule has 100 valence electrons. The number of nitrogens with zero attached hydrogens (tertiary/aromatic N) is 2. The fourth-order valence-electron chi connectivity index (χ4n) is 1.64. The summed E-state index contributed by atoms with van der Waals surface area (Å²) in [6.45, 7) is 3.19. The number of anilines is 1. The number of carbonyl (C=O) groups excluding carboxylic acids is 2. The Hall–Kier alpha value is -2.52. The molecule has 0 saturated heterocycles. The molecule has 1 N–H and O–H groups in total. The van der Waals surface area contributed by atoms with Crippen LogP contribution in [-0.4, -0.2) is 16.7 Å². The number of benzene rings is 1. The Morgan fingerprint density at radius 2 is 1.95 bits per heavy atom. The number of hydrogen-bond donors (Lipinski definition) is 1. The van der Waals surface area contributed by atoms with Crippen molar-refractivity contribution in [1.82, 2.24) is 4.98 Å². The molecule has 0 spiro atoms. The van der Waals surface area contributed by atoms with Crippen LogP contribution < -0.4 is 5.32 Å². The summed E-state index contributed by atoms with van der Waals surface area (Å²) >= 11 is 1.15. The lowest BCUT2D eigenvalue weighted by molar-refractivity contribution is 0.101. The number of thiazole rings is 1. The summed E-state index contributed by atoms with van der Waals surface area (Å²) in [5.41, 5.74) is 1.53. The minimum absolute atomic E-state index is 0.0705. The van der Waals surface area contributed by atoms with Gasteiger partial charge in [-0.1, -0.05) is 11.3 Å². The Morgan fingerprint density at radius 1 is 1.30 bits per heavy atom. The molecule has 0 aliphatic carbocycles. The Morgan fingerprint density at radius 3 is 2.45 bits per heavy atom. The number of aromatic nitrogens is 1. The van der Waals surface area contributed by atoms with Gasteiger partial charge in [0.15, 0.2) is 10.9 Å². The third-order valence-electron chi connectivity index (χ3n) is 2.61. The van der Waals surface area contributed by atoms with Gasteiger partial charge in [0, 0.05) is 12.5 Å². The van der Waals surface area contributed by atoms with E-state index in [1.54, 1.807) is 31.2 Å². The Bertz CT molecular complexity index is 711. The molecule has 0 radical (unpaired) electrons. The first-order valence-corrected chi connectivity index (χ1v) is 6.63. The van der Waals surface area contributed by atoms with Crippen molar-refractivity contribution < 1.29 is 9.59 Å². The number of nitrogens with one attached hydrogen (secondary N) is 1. The second-order valence-electron chi connectivity index (χ2n) is 4.13. The zero-order chi connectivity index (χ0) is 14.7. The average molecular weight is 285 g/mol. The van der Waals surface area contributed by atoms with E-state index in [-0.39, 0.29) is 11.7 Å². The van der Waals surface area contributed by atoms with Crippen LogP contribution in [0.5, 0.6) is 0 Å². The summed E-state index contributed by atoms with van der Waals surface area (Å²) in [6, 6.07) is 8.27. The van der Waals surface area contributed by atoms with Crippen LogP contribution in [-0.2, 0) is 0 Å². The highest BCUT2D eigenvalue weighted by Crippen LogP contribution is 2.23. The number of ketones is 1. The van der Waals surface area contributed by atoms with Crippen molar-refractivity contribution >= 4 is 28.2 Å². The first-order valence-electron chi connectivity index (χ1n) is 5.81. The highest BCUT2D eigenvalue weighted by Gasteiger charge is 2.14. The monoisotopic (exact) mass is 285 g/mol. The number of carbonyl (C=O) groups is 2. The number of hydrogen-bond acceptors (Lipinski definition) is 5. The molecule has 0 saturated carbocycles. The molecular weight excluding hydrogens is 274 g/mol.